The number of likely N-dealkylation sites (tertiary alicyclic amines) is 1. The highest BCUT2D eigenvalue weighted by Gasteiger charge is 2.29. The van der Waals surface area contributed by atoms with Gasteiger partial charge in [-0.15, -0.1) is 10.2 Å². The van der Waals surface area contributed by atoms with Crippen molar-refractivity contribution in [2.75, 3.05) is 6.54 Å². The highest BCUT2D eigenvalue weighted by Crippen LogP contribution is 2.31. The molecule has 1 fully saturated rings. The second kappa shape index (κ2) is 6.72. The fourth-order valence-electron chi connectivity index (χ4n) is 3.14. The van der Waals surface area contributed by atoms with Crippen LogP contribution in [0.15, 0.2) is 33.2 Å². The minimum absolute atomic E-state index is 0.0551. The number of aromatic nitrogens is 4. The molecule has 25 heavy (non-hydrogen) atoms. The van der Waals surface area contributed by atoms with E-state index in [4.69, 9.17) is 8.94 Å². The number of hydrogen-bond acceptors (Lipinski definition) is 7. The van der Waals surface area contributed by atoms with Gasteiger partial charge in [0.05, 0.1) is 12.6 Å². The lowest BCUT2D eigenvalue weighted by Gasteiger charge is -2.32. The Kier molecular flexibility index (Phi) is 4.27. The van der Waals surface area contributed by atoms with Gasteiger partial charge in [0.1, 0.15) is 5.82 Å². The third kappa shape index (κ3) is 3.43. The summed E-state index contributed by atoms with van der Waals surface area (Å²) in [6.45, 7) is 3.20. The second-order valence-electron chi connectivity index (χ2n) is 6.17. The summed E-state index contributed by atoms with van der Waals surface area (Å²) in [4.78, 5) is 6.57. The summed E-state index contributed by atoms with van der Waals surface area (Å²) in [5.74, 6) is 1.73. The SMILES string of the molecule is Cc1noc(C2CCCCN2Cc2nnc(-c3cccc(F)c3)o2)n1. The number of benzene rings is 1. The van der Waals surface area contributed by atoms with Crippen molar-refractivity contribution in [3.8, 4) is 11.5 Å². The maximum atomic E-state index is 13.4. The Bertz CT molecular complexity index is 862. The van der Waals surface area contributed by atoms with E-state index >= 15 is 0 Å². The molecule has 3 heterocycles. The monoisotopic (exact) mass is 343 g/mol. The zero-order valence-electron chi connectivity index (χ0n) is 13.9. The van der Waals surface area contributed by atoms with Crippen LogP contribution in [0.2, 0.25) is 0 Å². The van der Waals surface area contributed by atoms with Crippen LogP contribution in [-0.2, 0) is 6.54 Å². The van der Waals surface area contributed by atoms with Gasteiger partial charge < -0.3 is 8.94 Å². The van der Waals surface area contributed by atoms with Crippen LogP contribution in [0.3, 0.4) is 0 Å². The molecule has 0 bridgehead atoms. The van der Waals surface area contributed by atoms with Crippen LogP contribution in [0, 0.1) is 12.7 Å². The van der Waals surface area contributed by atoms with Gasteiger partial charge in [0.2, 0.25) is 17.7 Å². The Morgan fingerprint density at radius 2 is 2.20 bits per heavy atom. The number of rotatable bonds is 4. The highest BCUT2D eigenvalue weighted by atomic mass is 19.1. The van der Waals surface area contributed by atoms with Crippen molar-refractivity contribution in [2.45, 2.75) is 38.8 Å². The lowest BCUT2D eigenvalue weighted by molar-refractivity contribution is 0.102. The smallest absolute Gasteiger partial charge is 0.247 e. The molecule has 7 nitrogen and oxygen atoms in total. The number of piperidine rings is 1. The van der Waals surface area contributed by atoms with Gasteiger partial charge in [-0.1, -0.05) is 17.6 Å². The van der Waals surface area contributed by atoms with Crippen LogP contribution >= 0.6 is 0 Å². The Morgan fingerprint density at radius 3 is 3.00 bits per heavy atom. The van der Waals surface area contributed by atoms with E-state index in [1.807, 2.05) is 6.92 Å². The number of hydrogen-bond donors (Lipinski definition) is 0. The third-order valence-corrected chi connectivity index (χ3v) is 4.32. The predicted octanol–water partition coefficient (Wildman–Crippen LogP) is 3.29. The number of halogens is 1. The predicted molar refractivity (Wildman–Crippen MR) is 85.7 cm³/mol. The van der Waals surface area contributed by atoms with Gasteiger partial charge in [-0.3, -0.25) is 4.90 Å². The molecule has 0 amide bonds. The lowest BCUT2D eigenvalue weighted by atomic mass is 10.0. The first-order chi connectivity index (χ1) is 12.2. The Hall–Kier alpha value is -2.61. The summed E-state index contributed by atoms with van der Waals surface area (Å²) in [6, 6.07) is 6.17. The van der Waals surface area contributed by atoms with E-state index in [2.05, 4.69) is 25.2 Å². The Labute approximate surface area is 143 Å². The minimum atomic E-state index is -0.333. The van der Waals surface area contributed by atoms with Crippen molar-refractivity contribution >= 4 is 0 Å². The summed E-state index contributed by atoms with van der Waals surface area (Å²) in [5.41, 5.74) is 0.571. The van der Waals surface area contributed by atoms with E-state index < -0.39 is 0 Å². The molecule has 8 heteroatoms. The molecular formula is C17H18FN5O2. The molecule has 4 rings (SSSR count). The van der Waals surface area contributed by atoms with Crippen LogP contribution in [0.4, 0.5) is 4.39 Å². The molecule has 1 unspecified atom stereocenters. The molecule has 0 radical (unpaired) electrons. The number of nitrogens with zero attached hydrogens (tertiary/aromatic N) is 5. The van der Waals surface area contributed by atoms with E-state index in [1.165, 1.54) is 12.1 Å². The maximum absolute atomic E-state index is 13.4. The van der Waals surface area contributed by atoms with E-state index in [-0.39, 0.29) is 11.9 Å². The summed E-state index contributed by atoms with van der Waals surface area (Å²) in [5, 5.41) is 12.0. The maximum Gasteiger partial charge on any atom is 0.247 e. The van der Waals surface area contributed by atoms with Crippen LogP contribution in [0.25, 0.3) is 11.5 Å². The first kappa shape index (κ1) is 15.9. The third-order valence-electron chi connectivity index (χ3n) is 4.32. The van der Waals surface area contributed by atoms with Gasteiger partial charge in [0.15, 0.2) is 5.82 Å². The van der Waals surface area contributed by atoms with Gasteiger partial charge in [-0.05, 0) is 44.5 Å². The molecule has 1 aliphatic rings. The Balaban J connectivity index is 1.52. The van der Waals surface area contributed by atoms with Gasteiger partial charge in [-0.2, -0.15) is 4.98 Å². The standard InChI is InChI=1S/C17H18FN5O2/c1-11-19-17(25-22-11)14-7-2-3-8-23(14)10-15-20-21-16(24-15)12-5-4-6-13(18)9-12/h4-6,9,14H,2-3,7-8,10H2,1H3. The molecule has 2 aromatic heterocycles. The molecule has 1 saturated heterocycles. The van der Waals surface area contributed by atoms with Crippen molar-refractivity contribution in [3.63, 3.8) is 0 Å². The fourth-order valence-corrected chi connectivity index (χ4v) is 3.14. The van der Waals surface area contributed by atoms with Gasteiger partial charge >= 0.3 is 0 Å². The van der Waals surface area contributed by atoms with Gasteiger partial charge in [0.25, 0.3) is 0 Å². The summed E-state index contributed by atoms with van der Waals surface area (Å²) >= 11 is 0. The first-order valence-electron chi connectivity index (χ1n) is 8.31. The average molecular weight is 343 g/mol. The van der Waals surface area contributed by atoms with Crippen LogP contribution in [-0.4, -0.2) is 31.8 Å². The molecule has 0 saturated carbocycles. The second-order valence-corrected chi connectivity index (χ2v) is 6.17. The highest BCUT2D eigenvalue weighted by molar-refractivity contribution is 5.52. The summed E-state index contributed by atoms with van der Waals surface area (Å²) < 4.78 is 24.4. The molecule has 3 aromatic rings. The topological polar surface area (TPSA) is 81.1 Å². The van der Waals surface area contributed by atoms with Crippen molar-refractivity contribution < 1.29 is 13.3 Å². The van der Waals surface area contributed by atoms with E-state index in [0.717, 1.165) is 25.8 Å². The van der Waals surface area contributed by atoms with Crippen LogP contribution < -0.4 is 0 Å². The zero-order valence-corrected chi connectivity index (χ0v) is 13.9. The number of aryl methyl sites for hydroxylation is 1. The first-order valence-corrected chi connectivity index (χ1v) is 8.31. The molecule has 0 spiro atoms. The molecule has 0 aliphatic carbocycles. The average Bonchev–Trinajstić information content (AvgIpc) is 3.25. The van der Waals surface area contributed by atoms with Crippen molar-refractivity contribution in [1.82, 2.24) is 25.2 Å². The summed E-state index contributed by atoms with van der Waals surface area (Å²) in [6.07, 6.45) is 3.15. The van der Waals surface area contributed by atoms with E-state index in [0.29, 0.717) is 35.6 Å². The van der Waals surface area contributed by atoms with Gasteiger partial charge in [-0.25, -0.2) is 4.39 Å². The van der Waals surface area contributed by atoms with Gasteiger partial charge in [0, 0.05) is 5.56 Å². The summed E-state index contributed by atoms with van der Waals surface area (Å²) in [7, 11) is 0. The minimum Gasteiger partial charge on any atom is -0.419 e. The molecule has 0 N–H and O–H groups in total. The van der Waals surface area contributed by atoms with Crippen molar-refractivity contribution in [3.05, 3.63) is 47.7 Å². The van der Waals surface area contributed by atoms with E-state index in [1.54, 1.807) is 12.1 Å². The molecule has 1 aromatic carbocycles. The Morgan fingerprint density at radius 1 is 1.28 bits per heavy atom. The largest absolute Gasteiger partial charge is 0.419 e. The molecule has 1 aliphatic heterocycles. The quantitative estimate of drug-likeness (QED) is 0.719. The van der Waals surface area contributed by atoms with Crippen molar-refractivity contribution in [1.29, 1.82) is 0 Å². The fraction of sp³-hybridized carbons (Fsp3) is 0.412. The molecule has 1 atom stereocenters. The van der Waals surface area contributed by atoms with E-state index in [9.17, 15) is 4.39 Å². The zero-order chi connectivity index (χ0) is 17.2. The van der Waals surface area contributed by atoms with Crippen LogP contribution in [0.1, 0.15) is 42.9 Å². The lowest BCUT2D eigenvalue weighted by Crippen LogP contribution is -2.33. The molecule has 130 valence electrons. The molecular weight excluding hydrogens is 325 g/mol. The van der Waals surface area contributed by atoms with Crippen LogP contribution in [0.5, 0.6) is 0 Å². The van der Waals surface area contributed by atoms with Crippen molar-refractivity contribution in [2.24, 2.45) is 0 Å². The normalized spacial score (nSPS) is 18.6.